The maximum absolute atomic E-state index is 12.5. The molecule has 1 aliphatic heterocycles. The SMILES string of the molecule is CC1CCN(C(=O)CSc2ncnc3c2cnn3-c2ccc(Cl)cc2)CC1. The fraction of sp³-hybridized carbons (Fsp3) is 0.368. The van der Waals surface area contributed by atoms with Gasteiger partial charge in [0.1, 0.15) is 11.4 Å². The summed E-state index contributed by atoms with van der Waals surface area (Å²) in [6.07, 6.45) is 5.44. The molecule has 1 amide bonds. The van der Waals surface area contributed by atoms with Gasteiger partial charge in [0.2, 0.25) is 5.91 Å². The van der Waals surface area contributed by atoms with Crippen LogP contribution in [-0.2, 0) is 4.79 Å². The number of halogens is 1. The average molecular weight is 402 g/mol. The van der Waals surface area contributed by atoms with Crippen molar-refractivity contribution in [2.75, 3.05) is 18.8 Å². The van der Waals surface area contributed by atoms with E-state index in [1.807, 2.05) is 29.2 Å². The maximum Gasteiger partial charge on any atom is 0.232 e. The molecule has 2 aromatic heterocycles. The van der Waals surface area contributed by atoms with Crippen LogP contribution in [0.15, 0.2) is 41.8 Å². The Kier molecular flexibility index (Phi) is 5.31. The number of carbonyl (C=O) groups is 1. The topological polar surface area (TPSA) is 63.9 Å². The van der Waals surface area contributed by atoms with Crippen LogP contribution >= 0.6 is 23.4 Å². The Morgan fingerprint density at radius 3 is 2.70 bits per heavy atom. The molecular weight excluding hydrogens is 382 g/mol. The molecule has 1 aromatic carbocycles. The second-order valence-corrected chi connectivity index (χ2v) is 8.20. The zero-order valence-corrected chi connectivity index (χ0v) is 16.6. The molecule has 0 radical (unpaired) electrons. The van der Waals surface area contributed by atoms with E-state index in [4.69, 9.17) is 11.6 Å². The first-order chi connectivity index (χ1) is 13.1. The van der Waals surface area contributed by atoms with Crippen LogP contribution in [-0.4, -0.2) is 49.4 Å². The van der Waals surface area contributed by atoms with Crippen LogP contribution in [0.25, 0.3) is 16.7 Å². The number of nitrogens with zero attached hydrogens (tertiary/aromatic N) is 5. The van der Waals surface area contributed by atoms with Gasteiger partial charge in [0.05, 0.1) is 23.0 Å². The molecule has 0 bridgehead atoms. The van der Waals surface area contributed by atoms with Gasteiger partial charge < -0.3 is 4.90 Å². The number of benzene rings is 1. The number of amides is 1. The fourth-order valence-electron chi connectivity index (χ4n) is 3.19. The van der Waals surface area contributed by atoms with Gasteiger partial charge in [0.15, 0.2) is 5.65 Å². The van der Waals surface area contributed by atoms with Gasteiger partial charge in [-0.05, 0) is 43.0 Å². The third-order valence-electron chi connectivity index (χ3n) is 4.87. The van der Waals surface area contributed by atoms with Crippen molar-refractivity contribution < 1.29 is 4.79 Å². The second kappa shape index (κ2) is 7.86. The Hall–Kier alpha value is -2.12. The standard InChI is InChI=1S/C19H20ClN5OS/c1-13-6-8-24(9-7-13)17(26)11-27-19-16-10-23-25(18(16)21-12-22-19)15-4-2-14(20)3-5-15/h2-5,10,12-13H,6-9,11H2,1H3. The molecule has 0 unspecified atom stereocenters. The molecule has 0 saturated carbocycles. The van der Waals surface area contributed by atoms with Crippen molar-refractivity contribution >= 4 is 40.3 Å². The number of aromatic nitrogens is 4. The Bertz CT molecular complexity index is 950. The first-order valence-electron chi connectivity index (χ1n) is 8.97. The van der Waals surface area contributed by atoms with Gasteiger partial charge in [-0.2, -0.15) is 5.10 Å². The molecule has 0 spiro atoms. The molecule has 0 aliphatic carbocycles. The summed E-state index contributed by atoms with van der Waals surface area (Å²) >= 11 is 7.41. The third kappa shape index (κ3) is 3.94. The minimum absolute atomic E-state index is 0.170. The van der Waals surface area contributed by atoms with Crippen molar-refractivity contribution in [3.63, 3.8) is 0 Å². The van der Waals surface area contributed by atoms with Gasteiger partial charge in [-0.15, -0.1) is 0 Å². The molecule has 0 atom stereocenters. The minimum atomic E-state index is 0.170. The Balaban J connectivity index is 1.51. The van der Waals surface area contributed by atoms with E-state index in [1.54, 1.807) is 10.9 Å². The Morgan fingerprint density at radius 1 is 1.22 bits per heavy atom. The first kappa shape index (κ1) is 18.3. The summed E-state index contributed by atoms with van der Waals surface area (Å²) in [7, 11) is 0. The summed E-state index contributed by atoms with van der Waals surface area (Å²) in [6, 6.07) is 7.42. The smallest absolute Gasteiger partial charge is 0.232 e. The van der Waals surface area contributed by atoms with E-state index >= 15 is 0 Å². The van der Waals surface area contributed by atoms with Crippen molar-refractivity contribution in [1.29, 1.82) is 0 Å². The minimum Gasteiger partial charge on any atom is -0.342 e. The summed E-state index contributed by atoms with van der Waals surface area (Å²) in [6.45, 7) is 3.95. The zero-order chi connectivity index (χ0) is 18.8. The van der Waals surface area contributed by atoms with Crippen molar-refractivity contribution in [1.82, 2.24) is 24.6 Å². The highest BCUT2D eigenvalue weighted by molar-refractivity contribution is 8.00. The lowest BCUT2D eigenvalue weighted by Crippen LogP contribution is -2.38. The number of rotatable bonds is 4. The molecule has 3 aromatic rings. The Labute approximate surface area is 166 Å². The molecular formula is C19H20ClN5OS. The maximum atomic E-state index is 12.5. The summed E-state index contributed by atoms with van der Waals surface area (Å²) in [5, 5.41) is 6.74. The number of likely N-dealkylation sites (tertiary alicyclic amines) is 1. The van der Waals surface area contributed by atoms with Crippen LogP contribution < -0.4 is 0 Å². The molecule has 1 aliphatic rings. The van der Waals surface area contributed by atoms with Crippen LogP contribution in [0, 0.1) is 5.92 Å². The van der Waals surface area contributed by atoms with E-state index in [0.29, 0.717) is 22.3 Å². The number of fused-ring (bicyclic) bond motifs is 1. The summed E-state index contributed by atoms with van der Waals surface area (Å²) < 4.78 is 1.76. The molecule has 27 heavy (non-hydrogen) atoms. The highest BCUT2D eigenvalue weighted by Gasteiger charge is 2.21. The van der Waals surface area contributed by atoms with Gasteiger partial charge in [-0.1, -0.05) is 30.3 Å². The van der Waals surface area contributed by atoms with E-state index in [0.717, 1.165) is 42.0 Å². The molecule has 1 saturated heterocycles. The average Bonchev–Trinajstić information content (AvgIpc) is 3.12. The molecule has 1 fully saturated rings. The molecule has 6 nitrogen and oxygen atoms in total. The van der Waals surface area contributed by atoms with Crippen molar-refractivity contribution in [2.24, 2.45) is 5.92 Å². The van der Waals surface area contributed by atoms with E-state index < -0.39 is 0 Å². The van der Waals surface area contributed by atoms with Crippen LogP contribution in [0.5, 0.6) is 0 Å². The number of carbonyl (C=O) groups excluding carboxylic acids is 1. The highest BCUT2D eigenvalue weighted by atomic mass is 35.5. The molecule has 8 heteroatoms. The van der Waals surface area contributed by atoms with Crippen LogP contribution in [0.4, 0.5) is 0 Å². The van der Waals surface area contributed by atoms with Crippen LogP contribution in [0.1, 0.15) is 19.8 Å². The fourth-order valence-corrected chi connectivity index (χ4v) is 4.18. The van der Waals surface area contributed by atoms with Crippen molar-refractivity contribution in [3.8, 4) is 5.69 Å². The lowest BCUT2D eigenvalue weighted by atomic mass is 9.99. The summed E-state index contributed by atoms with van der Waals surface area (Å²) in [4.78, 5) is 23.2. The molecule has 4 rings (SSSR count). The summed E-state index contributed by atoms with van der Waals surface area (Å²) in [5.74, 6) is 1.26. The van der Waals surface area contributed by atoms with E-state index in [1.165, 1.54) is 18.1 Å². The predicted molar refractivity (Wildman–Crippen MR) is 107 cm³/mol. The Morgan fingerprint density at radius 2 is 1.96 bits per heavy atom. The molecule has 0 N–H and O–H groups in total. The monoisotopic (exact) mass is 401 g/mol. The number of thioether (sulfide) groups is 1. The third-order valence-corrected chi connectivity index (χ3v) is 6.11. The molecule has 140 valence electrons. The van der Waals surface area contributed by atoms with Crippen molar-refractivity contribution in [3.05, 3.63) is 41.8 Å². The second-order valence-electron chi connectivity index (χ2n) is 6.80. The van der Waals surface area contributed by atoms with E-state index in [9.17, 15) is 4.79 Å². The largest absolute Gasteiger partial charge is 0.342 e. The lowest BCUT2D eigenvalue weighted by molar-refractivity contribution is -0.129. The summed E-state index contributed by atoms with van der Waals surface area (Å²) in [5.41, 5.74) is 1.59. The van der Waals surface area contributed by atoms with E-state index in [-0.39, 0.29) is 5.91 Å². The number of hydrogen-bond acceptors (Lipinski definition) is 5. The van der Waals surface area contributed by atoms with Gasteiger partial charge in [0, 0.05) is 18.1 Å². The van der Waals surface area contributed by atoms with Crippen molar-refractivity contribution in [2.45, 2.75) is 24.8 Å². The van der Waals surface area contributed by atoms with Crippen LogP contribution in [0.3, 0.4) is 0 Å². The molecule has 3 heterocycles. The highest BCUT2D eigenvalue weighted by Crippen LogP contribution is 2.27. The van der Waals surface area contributed by atoms with Crippen LogP contribution in [0.2, 0.25) is 5.02 Å². The first-order valence-corrected chi connectivity index (χ1v) is 10.3. The van der Waals surface area contributed by atoms with Gasteiger partial charge in [0.25, 0.3) is 0 Å². The quantitative estimate of drug-likeness (QED) is 0.491. The predicted octanol–water partition coefficient (Wildman–Crippen LogP) is 3.82. The normalized spacial score (nSPS) is 15.4. The van der Waals surface area contributed by atoms with E-state index in [2.05, 4.69) is 22.0 Å². The zero-order valence-electron chi connectivity index (χ0n) is 15.0. The van der Waals surface area contributed by atoms with Gasteiger partial charge >= 0.3 is 0 Å². The van der Waals surface area contributed by atoms with Gasteiger partial charge in [-0.25, -0.2) is 14.6 Å². The lowest BCUT2D eigenvalue weighted by Gasteiger charge is -2.30. The number of hydrogen-bond donors (Lipinski definition) is 0. The van der Waals surface area contributed by atoms with Gasteiger partial charge in [-0.3, -0.25) is 4.79 Å². The number of piperidine rings is 1.